The molecule has 0 fully saturated rings. The monoisotopic (exact) mass is 444 g/mol. The van der Waals surface area contributed by atoms with E-state index in [0.717, 1.165) is 31.0 Å². The molecule has 2 nitrogen and oxygen atoms in total. The molecule has 1 aromatic heterocycles. The van der Waals surface area contributed by atoms with Crippen molar-refractivity contribution in [3.8, 4) is 11.4 Å². The maximum absolute atomic E-state index is 6.34. The molecular weight excluding hydrogens is 439 g/mol. The molecule has 2 aromatic carbocycles. The molecule has 0 N–H and O–H groups in total. The van der Waals surface area contributed by atoms with Crippen LogP contribution in [0.2, 0.25) is 10.2 Å². The third-order valence-electron chi connectivity index (χ3n) is 3.13. The van der Waals surface area contributed by atoms with Gasteiger partial charge < -0.3 is 0 Å². The molecule has 0 aliphatic heterocycles. The molecule has 0 saturated heterocycles. The Morgan fingerprint density at radius 3 is 2.48 bits per heavy atom. The van der Waals surface area contributed by atoms with Crippen LogP contribution >= 0.6 is 55.1 Å². The van der Waals surface area contributed by atoms with E-state index in [0.29, 0.717) is 16.0 Å². The molecule has 1 heterocycles. The molecule has 0 saturated carbocycles. The van der Waals surface area contributed by atoms with Crippen LogP contribution in [0.5, 0.6) is 0 Å². The Hall–Kier alpha value is -0.680. The fourth-order valence-corrected chi connectivity index (χ4v) is 3.73. The Kier molecular flexibility index (Phi) is 4.23. The van der Waals surface area contributed by atoms with Crippen molar-refractivity contribution < 1.29 is 0 Å². The molecule has 106 valence electrons. The maximum Gasteiger partial charge on any atom is 0.163 e. The molecule has 0 spiro atoms. The van der Waals surface area contributed by atoms with E-state index in [1.807, 2.05) is 37.3 Å². The molecule has 0 aliphatic rings. The number of nitrogens with zero attached hydrogens (tertiary/aromatic N) is 2. The molecule has 21 heavy (non-hydrogen) atoms. The third kappa shape index (κ3) is 2.82. The van der Waals surface area contributed by atoms with Crippen molar-refractivity contribution in [1.29, 1.82) is 0 Å². The van der Waals surface area contributed by atoms with Crippen LogP contribution in [0.15, 0.2) is 39.3 Å². The van der Waals surface area contributed by atoms with Crippen molar-refractivity contribution in [1.82, 2.24) is 9.97 Å². The number of fused-ring (bicyclic) bond motifs is 1. The van der Waals surface area contributed by atoms with Crippen LogP contribution in [0.4, 0.5) is 0 Å². The van der Waals surface area contributed by atoms with E-state index in [2.05, 4.69) is 41.8 Å². The summed E-state index contributed by atoms with van der Waals surface area (Å²) in [4.78, 5) is 9.02. The quantitative estimate of drug-likeness (QED) is 0.402. The first-order valence-electron chi connectivity index (χ1n) is 6.05. The fourth-order valence-electron chi connectivity index (χ4n) is 2.08. The average Bonchev–Trinajstić information content (AvgIpc) is 2.42. The van der Waals surface area contributed by atoms with E-state index in [1.165, 1.54) is 0 Å². The zero-order valence-electron chi connectivity index (χ0n) is 10.8. The van der Waals surface area contributed by atoms with Gasteiger partial charge in [0, 0.05) is 14.5 Å². The number of aryl methyl sites for hydroxylation is 1. The van der Waals surface area contributed by atoms with Crippen molar-refractivity contribution in [2.75, 3.05) is 0 Å². The summed E-state index contributed by atoms with van der Waals surface area (Å²) < 4.78 is 1.78. The summed E-state index contributed by atoms with van der Waals surface area (Å²) in [6.45, 7) is 1.99. The second-order valence-corrected chi connectivity index (χ2v) is 7.09. The normalized spacial score (nSPS) is 11.1. The smallest absolute Gasteiger partial charge is 0.163 e. The van der Waals surface area contributed by atoms with Gasteiger partial charge in [-0.3, -0.25) is 0 Å². The van der Waals surface area contributed by atoms with E-state index < -0.39 is 0 Å². The highest BCUT2D eigenvalue weighted by Crippen LogP contribution is 2.34. The highest BCUT2D eigenvalue weighted by atomic mass is 79.9. The minimum atomic E-state index is 0.407. The van der Waals surface area contributed by atoms with E-state index in [1.54, 1.807) is 0 Å². The highest BCUT2D eigenvalue weighted by Gasteiger charge is 2.14. The number of hydrogen-bond acceptors (Lipinski definition) is 2. The molecule has 3 aromatic rings. The molecule has 6 heteroatoms. The van der Waals surface area contributed by atoms with Gasteiger partial charge in [-0.15, -0.1) is 0 Å². The van der Waals surface area contributed by atoms with Crippen molar-refractivity contribution in [2.45, 2.75) is 6.92 Å². The topological polar surface area (TPSA) is 25.8 Å². The first-order valence-corrected chi connectivity index (χ1v) is 8.39. The van der Waals surface area contributed by atoms with E-state index >= 15 is 0 Å². The van der Waals surface area contributed by atoms with Crippen LogP contribution in [-0.4, -0.2) is 9.97 Å². The molecule has 0 aliphatic carbocycles. The van der Waals surface area contributed by atoms with Crippen LogP contribution in [0.1, 0.15) is 5.56 Å². The van der Waals surface area contributed by atoms with Crippen molar-refractivity contribution in [3.63, 3.8) is 0 Å². The molecule has 3 rings (SSSR count). The zero-order chi connectivity index (χ0) is 15.1. The van der Waals surface area contributed by atoms with Gasteiger partial charge in [-0.1, -0.05) is 45.2 Å². The maximum atomic E-state index is 6.34. The number of benzene rings is 2. The zero-order valence-corrected chi connectivity index (χ0v) is 15.5. The van der Waals surface area contributed by atoms with Crippen LogP contribution < -0.4 is 0 Å². The van der Waals surface area contributed by atoms with Gasteiger partial charge in [-0.2, -0.15) is 0 Å². The second kappa shape index (κ2) is 5.84. The lowest BCUT2D eigenvalue weighted by Crippen LogP contribution is -1.95. The SMILES string of the molecule is Cc1ccc(Br)c2c(Cl)nc(-c3ccc(Br)cc3Cl)nc12. The Labute approximate surface area is 148 Å². The van der Waals surface area contributed by atoms with Gasteiger partial charge in [-0.25, -0.2) is 9.97 Å². The Morgan fingerprint density at radius 1 is 1.00 bits per heavy atom. The Bertz CT molecular complexity index is 866. The lowest BCUT2D eigenvalue weighted by atomic mass is 10.1. The molecule has 0 radical (unpaired) electrons. The number of hydrogen-bond donors (Lipinski definition) is 0. The van der Waals surface area contributed by atoms with Crippen molar-refractivity contribution >= 4 is 66.0 Å². The summed E-state index contributed by atoms with van der Waals surface area (Å²) in [6, 6.07) is 9.52. The second-order valence-electron chi connectivity index (χ2n) is 4.55. The molecule has 0 amide bonds. The Morgan fingerprint density at radius 2 is 1.76 bits per heavy atom. The van der Waals surface area contributed by atoms with Gasteiger partial charge >= 0.3 is 0 Å². The van der Waals surface area contributed by atoms with E-state index in [4.69, 9.17) is 23.2 Å². The minimum Gasteiger partial charge on any atom is -0.228 e. The van der Waals surface area contributed by atoms with Gasteiger partial charge in [0.05, 0.1) is 15.9 Å². The summed E-state index contributed by atoms with van der Waals surface area (Å²) in [7, 11) is 0. The van der Waals surface area contributed by atoms with Crippen LogP contribution in [0.3, 0.4) is 0 Å². The molecule has 0 atom stereocenters. The van der Waals surface area contributed by atoms with Crippen LogP contribution in [0.25, 0.3) is 22.3 Å². The molecule has 0 unspecified atom stereocenters. The predicted octanol–water partition coefficient (Wildman–Crippen LogP) is 6.44. The summed E-state index contributed by atoms with van der Waals surface area (Å²) in [5.74, 6) is 0.520. The number of rotatable bonds is 1. The lowest BCUT2D eigenvalue weighted by molar-refractivity contribution is 1.21. The number of halogens is 4. The van der Waals surface area contributed by atoms with E-state index in [-0.39, 0.29) is 0 Å². The van der Waals surface area contributed by atoms with Crippen LogP contribution in [0, 0.1) is 6.92 Å². The van der Waals surface area contributed by atoms with E-state index in [9.17, 15) is 0 Å². The highest BCUT2D eigenvalue weighted by molar-refractivity contribution is 9.11. The standard InChI is InChI=1S/C15H8Br2Cl2N2/c1-7-2-5-10(17)12-13(7)20-15(21-14(12)19)9-4-3-8(16)6-11(9)18/h2-6H,1H3. The first kappa shape index (κ1) is 15.2. The van der Waals surface area contributed by atoms with Gasteiger partial charge in [0.2, 0.25) is 0 Å². The van der Waals surface area contributed by atoms with Gasteiger partial charge in [0.1, 0.15) is 5.15 Å². The van der Waals surface area contributed by atoms with Gasteiger partial charge in [-0.05, 0) is 52.7 Å². The largest absolute Gasteiger partial charge is 0.228 e. The summed E-state index contributed by atoms with van der Waals surface area (Å²) in [5, 5.41) is 1.80. The predicted molar refractivity (Wildman–Crippen MR) is 95.1 cm³/mol. The average molecular weight is 447 g/mol. The van der Waals surface area contributed by atoms with Gasteiger partial charge in [0.25, 0.3) is 0 Å². The lowest BCUT2D eigenvalue weighted by Gasteiger charge is -2.09. The third-order valence-corrected chi connectivity index (χ3v) is 4.87. The Balaban J connectivity index is 2.33. The fraction of sp³-hybridized carbons (Fsp3) is 0.0667. The van der Waals surface area contributed by atoms with Gasteiger partial charge in [0.15, 0.2) is 5.82 Å². The van der Waals surface area contributed by atoms with Crippen LogP contribution in [-0.2, 0) is 0 Å². The number of aromatic nitrogens is 2. The summed E-state index contributed by atoms with van der Waals surface area (Å²) in [5.41, 5.74) is 2.60. The first-order chi connectivity index (χ1) is 9.97. The van der Waals surface area contributed by atoms with Crippen molar-refractivity contribution in [3.05, 3.63) is 55.0 Å². The minimum absolute atomic E-state index is 0.407. The molecular formula is C15H8Br2Cl2N2. The summed E-state index contributed by atoms with van der Waals surface area (Å²) >= 11 is 19.5. The molecule has 0 bridgehead atoms. The van der Waals surface area contributed by atoms with Crippen molar-refractivity contribution in [2.24, 2.45) is 0 Å². The summed E-state index contributed by atoms with van der Waals surface area (Å²) in [6.07, 6.45) is 0.